The van der Waals surface area contributed by atoms with Gasteiger partial charge in [0.25, 0.3) is 0 Å². The number of hydrogen-bond donors (Lipinski definition) is 1. The number of rotatable bonds is 6. The van der Waals surface area contributed by atoms with Crippen LogP contribution in [-0.4, -0.2) is 21.2 Å². The van der Waals surface area contributed by atoms with Crippen molar-refractivity contribution in [2.45, 2.75) is 26.2 Å². The van der Waals surface area contributed by atoms with Gasteiger partial charge < -0.3 is 5.32 Å². The Labute approximate surface area is 146 Å². The number of alkyl halides is 1. The highest BCUT2D eigenvalue weighted by molar-refractivity contribution is 6.19. The third-order valence-corrected chi connectivity index (χ3v) is 4.12. The maximum absolute atomic E-state index is 12.0. The van der Waals surface area contributed by atoms with Crippen molar-refractivity contribution in [3.8, 4) is 0 Å². The Bertz CT molecular complexity index is 842. The zero-order chi connectivity index (χ0) is 16.9. The molecule has 4 nitrogen and oxygen atoms in total. The topological polar surface area (TPSA) is 46.4 Å². The minimum absolute atomic E-state index is 0.0895. The third-order valence-electron chi connectivity index (χ3n) is 3.93. The molecule has 3 aromatic rings. The van der Waals surface area contributed by atoms with Crippen molar-refractivity contribution in [1.82, 2.24) is 9.38 Å². The molecular formula is C19H20ClN3O. The summed E-state index contributed by atoms with van der Waals surface area (Å²) in [6.45, 7) is 2.03. The minimum atomic E-state index is -0.0895. The van der Waals surface area contributed by atoms with Crippen LogP contribution in [0.25, 0.3) is 5.65 Å². The number of aromatic nitrogens is 2. The molecule has 1 N–H and O–H groups in total. The minimum Gasteiger partial charge on any atom is -0.310 e. The monoisotopic (exact) mass is 341 g/mol. The number of hydrogen-bond acceptors (Lipinski definition) is 2. The van der Waals surface area contributed by atoms with E-state index in [0.29, 0.717) is 12.3 Å². The number of carbonyl (C=O) groups is 1. The number of halogens is 1. The van der Waals surface area contributed by atoms with Crippen LogP contribution < -0.4 is 5.32 Å². The summed E-state index contributed by atoms with van der Waals surface area (Å²) in [7, 11) is 0. The molecule has 0 unspecified atom stereocenters. The second-order valence-electron chi connectivity index (χ2n) is 5.81. The molecule has 0 bridgehead atoms. The Kier molecular flexibility index (Phi) is 5.16. The maximum Gasteiger partial charge on any atom is 0.226 e. The molecule has 0 aliphatic rings. The fourth-order valence-electron chi connectivity index (χ4n) is 2.69. The quantitative estimate of drug-likeness (QED) is 0.689. The first-order valence-corrected chi connectivity index (χ1v) is 8.58. The third kappa shape index (κ3) is 3.77. The number of nitrogens with zero attached hydrogens (tertiary/aromatic N) is 2. The molecule has 0 fully saturated rings. The summed E-state index contributed by atoms with van der Waals surface area (Å²) in [6.07, 6.45) is 3.88. The van der Waals surface area contributed by atoms with E-state index in [-0.39, 0.29) is 5.91 Å². The number of imidazole rings is 1. The van der Waals surface area contributed by atoms with Crippen LogP contribution in [-0.2, 0) is 17.6 Å². The molecule has 2 aromatic heterocycles. The van der Waals surface area contributed by atoms with Crippen molar-refractivity contribution in [2.24, 2.45) is 0 Å². The van der Waals surface area contributed by atoms with Gasteiger partial charge in [-0.2, -0.15) is 0 Å². The zero-order valence-electron chi connectivity index (χ0n) is 13.6. The van der Waals surface area contributed by atoms with Crippen molar-refractivity contribution in [2.75, 3.05) is 11.2 Å². The van der Waals surface area contributed by atoms with Gasteiger partial charge in [-0.1, -0.05) is 30.3 Å². The van der Waals surface area contributed by atoms with Crippen molar-refractivity contribution >= 4 is 29.0 Å². The Balaban J connectivity index is 1.90. The fraction of sp³-hybridized carbons (Fsp3) is 0.263. The van der Waals surface area contributed by atoms with Crippen molar-refractivity contribution in [3.63, 3.8) is 0 Å². The average Bonchev–Trinajstić information content (AvgIpc) is 2.91. The van der Waals surface area contributed by atoms with Gasteiger partial charge in [0, 0.05) is 18.5 Å². The molecule has 124 valence electrons. The average molecular weight is 342 g/mol. The number of benzene rings is 1. The number of aryl methyl sites for hydroxylation is 3. The van der Waals surface area contributed by atoms with Gasteiger partial charge in [0.1, 0.15) is 11.5 Å². The van der Waals surface area contributed by atoms with Gasteiger partial charge in [-0.05, 0) is 43.0 Å². The lowest BCUT2D eigenvalue weighted by Crippen LogP contribution is -2.14. The Morgan fingerprint density at radius 3 is 2.75 bits per heavy atom. The number of anilines is 1. The van der Waals surface area contributed by atoms with E-state index >= 15 is 0 Å². The first-order chi connectivity index (χ1) is 11.7. The van der Waals surface area contributed by atoms with Crippen LogP contribution in [0.4, 0.5) is 5.82 Å². The molecule has 2 heterocycles. The van der Waals surface area contributed by atoms with Crippen LogP contribution >= 0.6 is 11.6 Å². The zero-order valence-corrected chi connectivity index (χ0v) is 14.4. The predicted molar refractivity (Wildman–Crippen MR) is 97.7 cm³/mol. The van der Waals surface area contributed by atoms with Crippen molar-refractivity contribution in [3.05, 3.63) is 65.5 Å². The van der Waals surface area contributed by atoms with E-state index in [2.05, 4.69) is 17.4 Å². The summed E-state index contributed by atoms with van der Waals surface area (Å²) < 4.78 is 1.93. The van der Waals surface area contributed by atoms with Gasteiger partial charge in [-0.3, -0.25) is 9.20 Å². The Morgan fingerprint density at radius 1 is 1.21 bits per heavy atom. The van der Waals surface area contributed by atoms with Crippen LogP contribution in [0.3, 0.4) is 0 Å². The summed E-state index contributed by atoms with van der Waals surface area (Å²) in [4.78, 5) is 16.7. The van der Waals surface area contributed by atoms with E-state index in [0.717, 1.165) is 35.6 Å². The summed E-state index contributed by atoms with van der Waals surface area (Å²) in [5.74, 6) is 0.963. The summed E-state index contributed by atoms with van der Waals surface area (Å²) in [5.41, 5.74) is 4.14. The molecule has 3 rings (SSSR count). The number of carbonyl (C=O) groups excluding carboxylic acids is 1. The van der Waals surface area contributed by atoms with Crippen LogP contribution in [0.15, 0.2) is 48.7 Å². The van der Waals surface area contributed by atoms with Gasteiger partial charge >= 0.3 is 0 Å². The lowest BCUT2D eigenvalue weighted by Gasteiger charge is -2.07. The Morgan fingerprint density at radius 2 is 2.00 bits per heavy atom. The van der Waals surface area contributed by atoms with Crippen molar-refractivity contribution in [1.29, 1.82) is 0 Å². The van der Waals surface area contributed by atoms with Gasteiger partial charge in [0.2, 0.25) is 5.91 Å². The van der Waals surface area contributed by atoms with E-state index in [4.69, 9.17) is 16.6 Å². The number of fused-ring (bicyclic) bond motifs is 1. The van der Waals surface area contributed by atoms with E-state index in [1.165, 1.54) is 5.56 Å². The summed E-state index contributed by atoms with van der Waals surface area (Å²) in [5, 5.41) is 2.97. The number of pyridine rings is 1. The summed E-state index contributed by atoms with van der Waals surface area (Å²) in [6, 6.07) is 14.3. The second-order valence-corrected chi connectivity index (χ2v) is 6.19. The first kappa shape index (κ1) is 16.5. The number of amides is 1. The molecule has 1 aromatic carbocycles. The fourth-order valence-corrected chi connectivity index (χ4v) is 2.86. The standard InChI is InChI=1S/C19H20ClN3O/c1-14-10-12-23-17(13-14)21-16(19(23)22-18(24)9-11-20)8-7-15-5-3-2-4-6-15/h2-6,10,12-13H,7-9,11H2,1H3,(H,22,24). The maximum atomic E-state index is 12.0. The molecule has 0 saturated heterocycles. The van der Waals surface area contributed by atoms with E-state index in [9.17, 15) is 4.79 Å². The van der Waals surface area contributed by atoms with Gasteiger partial charge in [0.05, 0.1) is 5.69 Å². The molecule has 0 radical (unpaired) electrons. The highest BCUT2D eigenvalue weighted by Crippen LogP contribution is 2.21. The molecule has 0 aliphatic carbocycles. The van der Waals surface area contributed by atoms with E-state index < -0.39 is 0 Å². The summed E-state index contributed by atoms with van der Waals surface area (Å²) >= 11 is 5.67. The molecule has 0 aliphatic heterocycles. The normalized spacial score (nSPS) is 10.9. The van der Waals surface area contributed by atoms with Gasteiger partial charge in [-0.15, -0.1) is 11.6 Å². The van der Waals surface area contributed by atoms with Gasteiger partial charge in [-0.25, -0.2) is 4.98 Å². The first-order valence-electron chi connectivity index (χ1n) is 8.04. The predicted octanol–water partition coefficient (Wildman–Crippen LogP) is 4.00. The van der Waals surface area contributed by atoms with E-state index in [1.54, 1.807) is 0 Å². The highest BCUT2D eigenvalue weighted by Gasteiger charge is 2.14. The van der Waals surface area contributed by atoms with Crippen LogP contribution in [0.1, 0.15) is 23.2 Å². The van der Waals surface area contributed by atoms with Crippen LogP contribution in [0.5, 0.6) is 0 Å². The molecular weight excluding hydrogens is 322 g/mol. The lowest BCUT2D eigenvalue weighted by molar-refractivity contribution is -0.115. The van der Waals surface area contributed by atoms with Gasteiger partial charge in [0.15, 0.2) is 0 Å². The SMILES string of the molecule is Cc1ccn2c(NC(=O)CCCl)c(CCc3ccccc3)nc2c1. The molecule has 5 heteroatoms. The molecule has 0 saturated carbocycles. The van der Waals surface area contributed by atoms with E-state index in [1.807, 2.05) is 47.9 Å². The second kappa shape index (κ2) is 7.49. The Hall–Kier alpha value is -2.33. The van der Waals surface area contributed by atoms with Crippen LogP contribution in [0.2, 0.25) is 0 Å². The van der Waals surface area contributed by atoms with Crippen molar-refractivity contribution < 1.29 is 4.79 Å². The smallest absolute Gasteiger partial charge is 0.226 e. The molecule has 0 spiro atoms. The number of nitrogens with one attached hydrogen (secondary N) is 1. The molecule has 0 atom stereocenters. The lowest BCUT2D eigenvalue weighted by atomic mass is 10.1. The largest absolute Gasteiger partial charge is 0.310 e. The highest BCUT2D eigenvalue weighted by atomic mass is 35.5. The molecule has 1 amide bonds. The molecule has 24 heavy (non-hydrogen) atoms. The van der Waals surface area contributed by atoms with Crippen LogP contribution in [0, 0.1) is 6.92 Å².